The summed E-state index contributed by atoms with van der Waals surface area (Å²) in [6.07, 6.45) is 6.59. The molecule has 0 bridgehead atoms. The molecule has 2 amide bonds. The molecule has 0 atom stereocenters. The summed E-state index contributed by atoms with van der Waals surface area (Å²) in [6.45, 7) is 17.3. The second-order valence-corrected chi connectivity index (χ2v) is 21.3. The third-order valence-electron chi connectivity index (χ3n) is 14.9. The molecule has 2 aromatic carbocycles. The molecule has 0 saturated carbocycles. The maximum absolute atomic E-state index is 13.6. The van der Waals surface area contributed by atoms with Crippen LogP contribution in [0.25, 0.3) is 21.6 Å². The van der Waals surface area contributed by atoms with Crippen LogP contribution in [0.4, 0.5) is 11.8 Å². The van der Waals surface area contributed by atoms with Gasteiger partial charge in [0.25, 0.3) is 5.91 Å². The molecule has 5 aliphatic rings. The summed E-state index contributed by atoms with van der Waals surface area (Å²) < 4.78 is 6.68. The summed E-state index contributed by atoms with van der Waals surface area (Å²) >= 11 is 1.71. The molecule has 366 valence electrons. The number of thiophene rings is 1. The quantitative estimate of drug-likeness (QED) is 0.130. The lowest BCUT2D eigenvalue weighted by molar-refractivity contribution is -0.140. The Bertz CT molecular complexity index is 2650. The monoisotopic (exact) mass is 959 g/mol. The van der Waals surface area contributed by atoms with E-state index in [-0.39, 0.29) is 47.2 Å². The van der Waals surface area contributed by atoms with Gasteiger partial charge in [-0.25, -0.2) is 19.9 Å². The maximum atomic E-state index is 13.6. The van der Waals surface area contributed by atoms with Crippen LogP contribution in [0.1, 0.15) is 89.4 Å². The molecule has 3 aromatic heterocycles. The van der Waals surface area contributed by atoms with Gasteiger partial charge in [0, 0.05) is 122 Å². The summed E-state index contributed by atoms with van der Waals surface area (Å²) in [7, 11) is 0. The molecule has 5 aliphatic heterocycles. The van der Waals surface area contributed by atoms with Gasteiger partial charge >= 0.3 is 0 Å². The molecule has 69 heavy (non-hydrogen) atoms. The van der Waals surface area contributed by atoms with Crippen LogP contribution in [0.15, 0.2) is 48.8 Å². The van der Waals surface area contributed by atoms with Crippen molar-refractivity contribution in [2.45, 2.75) is 83.6 Å². The number of morpholine rings is 1. The van der Waals surface area contributed by atoms with Crippen molar-refractivity contribution in [1.29, 1.82) is 0 Å². The van der Waals surface area contributed by atoms with Crippen molar-refractivity contribution < 1.29 is 29.6 Å². The van der Waals surface area contributed by atoms with Crippen molar-refractivity contribution in [2.75, 3.05) is 95.8 Å². The van der Waals surface area contributed by atoms with E-state index in [1.807, 2.05) is 18.7 Å². The number of aliphatic hydroxyl groups is 1. The number of phenols is 2. The number of amides is 2. The average Bonchev–Trinajstić information content (AvgIpc) is 3.97. The maximum Gasteiger partial charge on any atom is 0.258 e. The van der Waals surface area contributed by atoms with Crippen LogP contribution in [0.2, 0.25) is 0 Å². The zero-order valence-electron chi connectivity index (χ0n) is 39.9. The summed E-state index contributed by atoms with van der Waals surface area (Å²) in [5.41, 5.74) is 10.7. The number of anilines is 2. The van der Waals surface area contributed by atoms with E-state index in [0.717, 1.165) is 112 Å². The van der Waals surface area contributed by atoms with Crippen LogP contribution in [0.3, 0.4) is 0 Å². The number of fused-ring (bicyclic) bond motifs is 2. The number of hydrogen-bond acceptors (Lipinski definition) is 16. The highest BCUT2D eigenvalue weighted by molar-refractivity contribution is 7.19. The van der Waals surface area contributed by atoms with Crippen LogP contribution in [-0.4, -0.2) is 162 Å². The molecular weight excluding hydrogens is 895 g/mol. The molecule has 17 nitrogen and oxygen atoms in total. The fraction of sp³-hybridized carbons (Fsp3) is 0.529. The lowest BCUT2D eigenvalue weighted by Gasteiger charge is -2.41. The lowest BCUT2D eigenvalue weighted by Crippen LogP contribution is -2.50. The predicted molar refractivity (Wildman–Crippen MR) is 265 cm³/mol. The number of benzene rings is 2. The molecule has 4 fully saturated rings. The topological polar surface area (TPSA) is 201 Å². The van der Waals surface area contributed by atoms with Crippen LogP contribution in [0.5, 0.6) is 11.5 Å². The fourth-order valence-electron chi connectivity index (χ4n) is 10.7. The first-order valence-electron chi connectivity index (χ1n) is 24.7. The van der Waals surface area contributed by atoms with Gasteiger partial charge in [-0.2, -0.15) is 0 Å². The van der Waals surface area contributed by atoms with Gasteiger partial charge in [-0.1, -0.05) is 32.0 Å². The Morgan fingerprint density at radius 3 is 2.23 bits per heavy atom. The van der Waals surface area contributed by atoms with E-state index in [1.54, 1.807) is 34.7 Å². The molecule has 0 radical (unpaired) electrons. The standard InChI is InChI=1S/C51H65N11O6S/c1-33(2)40-23-41(44(64)24-43(40)63)49(66)62-30-36-4-3-35(21-37(36)31-62)29-59-15-13-58(14-16-59)28-34-5-9-60(10-6-34)45(65)25-51(67)7-11-57(12-8-51)32-39-22-42-46(69-39)48(61-17-19-68-20-18-61)56-47(55-42)38-26-53-50(52)54-27-38/h3-4,21-24,26-27,33-34,63-64,67H,5-20,25,28-32H2,1-2H3,(H2,52,53,54). The Morgan fingerprint density at radius 1 is 0.812 bits per heavy atom. The Kier molecular flexibility index (Phi) is 13.7. The Balaban J connectivity index is 0.653. The van der Waals surface area contributed by atoms with E-state index < -0.39 is 5.60 Å². The van der Waals surface area contributed by atoms with Gasteiger partial charge in [0.15, 0.2) is 11.6 Å². The van der Waals surface area contributed by atoms with Crippen molar-refractivity contribution >= 4 is 45.1 Å². The van der Waals surface area contributed by atoms with Gasteiger partial charge in [-0.3, -0.25) is 19.4 Å². The normalized spacial score (nSPS) is 19.7. The molecule has 10 rings (SSSR count). The van der Waals surface area contributed by atoms with Gasteiger partial charge in [0.05, 0.1) is 46.6 Å². The number of carbonyl (C=O) groups is 2. The minimum atomic E-state index is -0.994. The van der Waals surface area contributed by atoms with Crippen LogP contribution in [-0.2, 0) is 35.7 Å². The van der Waals surface area contributed by atoms with Gasteiger partial charge < -0.3 is 45.4 Å². The number of nitrogens with zero attached hydrogens (tertiary/aromatic N) is 10. The summed E-state index contributed by atoms with van der Waals surface area (Å²) in [5.74, 6) is 1.88. The lowest BCUT2D eigenvalue weighted by atomic mass is 9.87. The number of nitrogens with two attached hydrogens (primary N) is 1. The third kappa shape index (κ3) is 10.7. The minimum absolute atomic E-state index is 0.00398. The zero-order valence-corrected chi connectivity index (χ0v) is 40.7. The number of piperidine rings is 2. The third-order valence-corrected chi connectivity index (χ3v) is 16.0. The van der Waals surface area contributed by atoms with E-state index in [9.17, 15) is 24.9 Å². The van der Waals surface area contributed by atoms with Crippen molar-refractivity contribution in [3.63, 3.8) is 0 Å². The van der Waals surface area contributed by atoms with Crippen LogP contribution in [0, 0.1) is 5.92 Å². The minimum Gasteiger partial charge on any atom is -0.508 e. The average molecular weight is 960 g/mol. The van der Waals surface area contributed by atoms with Crippen molar-refractivity contribution in [3.05, 3.63) is 81.5 Å². The second-order valence-electron chi connectivity index (χ2n) is 20.2. The first-order chi connectivity index (χ1) is 33.3. The number of piperazine rings is 1. The molecule has 8 heterocycles. The smallest absolute Gasteiger partial charge is 0.258 e. The Labute approximate surface area is 407 Å². The molecule has 0 unspecified atom stereocenters. The molecule has 0 aliphatic carbocycles. The molecule has 5 N–H and O–H groups in total. The summed E-state index contributed by atoms with van der Waals surface area (Å²) in [5, 5.41) is 32.5. The van der Waals surface area contributed by atoms with Gasteiger partial charge in [0.1, 0.15) is 11.5 Å². The largest absolute Gasteiger partial charge is 0.508 e. The molecule has 4 saturated heterocycles. The zero-order chi connectivity index (χ0) is 47.8. The van der Waals surface area contributed by atoms with Crippen LogP contribution < -0.4 is 10.6 Å². The fourth-order valence-corrected chi connectivity index (χ4v) is 11.9. The number of phenolic OH excluding ortho intramolecular Hbond substituents is 2. The van der Waals surface area contributed by atoms with E-state index in [2.05, 4.69) is 53.8 Å². The molecule has 5 aromatic rings. The highest BCUT2D eigenvalue weighted by Gasteiger charge is 2.37. The van der Waals surface area contributed by atoms with Crippen molar-refractivity contribution in [1.82, 2.24) is 44.4 Å². The number of aromatic hydroxyl groups is 2. The molecular formula is C51H65N11O6S. The van der Waals surface area contributed by atoms with Gasteiger partial charge in [-0.15, -0.1) is 11.3 Å². The first kappa shape index (κ1) is 47.2. The second kappa shape index (κ2) is 20.1. The highest BCUT2D eigenvalue weighted by Crippen LogP contribution is 2.38. The number of aromatic nitrogens is 4. The number of hydrogen-bond donors (Lipinski definition) is 4. The number of nitrogen functional groups attached to an aromatic ring is 1. The number of ether oxygens (including phenoxy) is 1. The molecule has 18 heteroatoms. The summed E-state index contributed by atoms with van der Waals surface area (Å²) in [6, 6.07) is 11.6. The number of carbonyl (C=O) groups excluding carboxylic acids is 2. The van der Waals surface area contributed by atoms with Gasteiger partial charge in [0.2, 0.25) is 11.9 Å². The van der Waals surface area contributed by atoms with Crippen molar-refractivity contribution in [3.8, 4) is 22.9 Å². The summed E-state index contributed by atoms with van der Waals surface area (Å²) in [4.78, 5) is 60.0. The number of likely N-dealkylation sites (tertiary alicyclic amines) is 2. The highest BCUT2D eigenvalue weighted by atomic mass is 32.1. The van der Waals surface area contributed by atoms with E-state index in [4.69, 9.17) is 20.4 Å². The number of rotatable bonds is 12. The Morgan fingerprint density at radius 2 is 1.51 bits per heavy atom. The van der Waals surface area contributed by atoms with Crippen molar-refractivity contribution in [2.24, 2.45) is 5.92 Å². The van der Waals surface area contributed by atoms with E-state index >= 15 is 0 Å². The van der Waals surface area contributed by atoms with E-state index in [0.29, 0.717) is 75.1 Å². The molecule has 0 spiro atoms. The SMILES string of the molecule is CC(C)c1cc(C(=O)N2Cc3ccc(CN4CCN(CC5CCN(C(=O)CC6(O)CCN(Cc7cc8nc(-c9cnc(N)nc9)nc(N9CCOCC9)c8s7)CC6)CC5)CC4)cc3C2)c(O)cc1O. The van der Waals surface area contributed by atoms with E-state index in [1.165, 1.54) is 16.5 Å². The van der Waals surface area contributed by atoms with Gasteiger partial charge in [-0.05, 0) is 71.9 Å². The predicted octanol–water partition coefficient (Wildman–Crippen LogP) is 5.03. The Hall–Kier alpha value is -5.50. The first-order valence-corrected chi connectivity index (χ1v) is 25.5. The van der Waals surface area contributed by atoms with Crippen LogP contribution >= 0.6 is 11.3 Å².